The van der Waals surface area contributed by atoms with E-state index < -0.39 is 5.82 Å². The van der Waals surface area contributed by atoms with E-state index in [-0.39, 0.29) is 12.5 Å². The van der Waals surface area contributed by atoms with Crippen molar-refractivity contribution < 1.29 is 14.3 Å². The zero-order chi connectivity index (χ0) is 14.5. The lowest BCUT2D eigenvalue weighted by molar-refractivity contribution is 0.0950. The summed E-state index contributed by atoms with van der Waals surface area (Å²) < 4.78 is 13.2. The van der Waals surface area contributed by atoms with E-state index in [1.807, 2.05) is 12.1 Å². The smallest absolute Gasteiger partial charge is 0.251 e. The van der Waals surface area contributed by atoms with Gasteiger partial charge in [-0.1, -0.05) is 30.3 Å². The summed E-state index contributed by atoms with van der Waals surface area (Å²) in [5, 5.41) is 11.7. The molecule has 1 amide bonds. The van der Waals surface area contributed by atoms with Crippen LogP contribution in [0.5, 0.6) is 0 Å². The van der Waals surface area contributed by atoms with Crippen molar-refractivity contribution in [1.82, 2.24) is 5.32 Å². The SMILES string of the molecule is Cc1ccc(F)cc1C(=O)NCc1ccc(CO)cc1. The number of halogens is 1. The van der Waals surface area contributed by atoms with E-state index in [1.54, 1.807) is 25.1 Å². The van der Waals surface area contributed by atoms with Gasteiger partial charge >= 0.3 is 0 Å². The van der Waals surface area contributed by atoms with E-state index in [4.69, 9.17) is 5.11 Å². The van der Waals surface area contributed by atoms with Crippen LogP contribution in [0, 0.1) is 12.7 Å². The maximum Gasteiger partial charge on any atom is 0.251 e. The highest BCUT2D eigenvalue weighted by Gasteiger charge is 2.09. The van der Waals surface area contributed by atoms with Crippen LogP contribution in [0.3, 0.4) is 0 Å². The van der Waals surface area contributed by atoms with Gasteiger partial charge in [-0.2, -0.15) is 0 Å². The largest absolute Gasteiger partial charge is 0.392 e. The molecule has 20 heavy (non-hydrogen) atoms. The van der Waals surface area contributed by atoms with Crippen LogP contribution < -0.4 is 5.32 Å². The van der Waals surface area contributed by atoms with Crippen LogP contribution in [0.2, 0.25) is 0 Å². The third kappa shape index (κ3) is 3.42. The molecule has 0 aliphatic heterocycles. The van der Waals surface area contributed by atoms with Gasteiger partial charge in [-0.05, 0) is 35.7 Å². The fourth-order valence-corrected chi connectivity index (χ4v) is 1.88. The molecule has 0 unspecified atom stereocenters. The number of carbonyl (C=O) groups is 1. The highest BCUT2D eigenvalue weighted by atomic mass is 19.1. The van der Waals surface area contributed by atoms with Gasteiger partial charge in [0.2, 0.25) is 0 Å². The minimum Gasteiger partial charge on any atom is -0.392 e. The minimum atomic E-state index is -0.423. The lowest BCUT2D eigenvalue weighted by Crippen LogP contribution is -2.23. The Kier molecular flexibility index (Phi) is 4.48. The molecule has 0 aliphatic carbocycles. The summed E-state index contributed by atoms with van der Waals surface area (Å²) in [5.41, 5.74) is 2.82. The number of carbonyl (C=O) groups excluding carboxylic acids is 1. The van der Waals surface area contributed by atoms with E-state index in [1.165, 1.54) is 12.1 Å². The monoisotopic (exact) mass is 273 g/mol. The first-order valence-electron chi connectivity index (χ1n) is 6.33. The fourth-order valence-electron chi connectivity index (χ4n) is 1.88. The van der Waals surface area contributed by atoms with Gasteiger partial charge in [-0.3, -0.25) is 4.79 Å². The summed E-state index contributed by atoms with van der Waals surface area (Å²) in [7, 11) is 0. The highest BCUT2D eigenvalue weighted by molar-refractivity contribution is 5.95. The maximum absolute atomic E-state index is 13.2. The predicted molar refractivity (Wildman–Crippen MR) is 74.7 cm³/mol. The Morgan fingerprint density at radius 1 is 1.15 bits per heavy atom. The van der Waals surface area contributed by atoms with Gasteiger partial charge in [-0.15, -0.1) is 0 Å². The summed E-state index contributed by atoms with van der Waals surface area (Å²) in [6.45, 7) is 2.13. The molecule has 0 atom stereocenters. The number of hydrogen-bond donors (Lipinski definition) is 2. The number of nitrogens with one attached hydrogen (secondary N) is 1. The Morgan fingerprint density at radius 3 is 2.45 bits per heavy atom. The van der Waals surface area contributed by atoms with Crippen molar-refractivity contribution in [1.29, 1.82) is 0 Å². The summed E-state index contributed by atoms with van der Waals surface area (Å²) in [6, 6.07) is 11.4. The van der Waals surface area contributed by atoms with Gasteiger partial charge in [0.15, 0.2) is 0 Å². The third-order valence-electron chi connectivity index (χ3n) is 3.10. The molecule has 2 aromatic carbocycles. The molecule has 2 rings (SSSR count). The lowest BCUT2D eigenvalue weighted by atomic mass is 10.1. The molecule has 0 aliphatic rings. The van der Waals surface area contributed by atoms with Gasteiger partial charge in [-0.25, -0.2) is 4.39 Å². The number of aliphatic hydroxyl groups excluding tert-OH is 1. The molecular formula is C16H16FNO2. The number of aliphatic hydroxyl groups is 1. The van der Waals surface area contributed by atoms with Crippen molar-refractivity contribution in [2.24, 2.45) is 0 Å². The minimum absolute atomic E-state index is 0.00484. The lowest BCUT2D eigenvalue weighted by Gasteiger charge is -2.08. The van der Waals surface area contributed by atoms with Crippen LogP contribution in [0.1, 0.15) is 27.0 Å². The molecule has 0 spiro atoms. The van der Waals surface area contributed by atoms with Crippen molar-refractivity contribution in [3.63, 3.8) is 0 Å². The van der Waals surface area contributed by atoms with Crippen LogP contribution in [-0.4, -0.2) is 11.0 Å². The normalized spacial score (nSPS) is 10.3. The first kappa shape index (κ1) is 14.2. The molecule has 0 fully saturated rings. The molecule has 104 valence electrons. The van der Waals surface area contributed by atoms with Gasteiger partial charge in [0.1, 0.15) is 5.82 Å². The number of hydrogen-bond acceptors (Lipinski definition) is 2. The van der Waals surface area contributed by atoms with Crippen LogP contribution in [0.25, 0.3) is 0 Å². The second-order valence-electron chi connectivity index (χ2n) is 4.62. The van der Waals surface area contributed by atoms with E-state index in [0.717, 1.165) is 16.7 Å². The van der Waals surface area contributed by atoms with Crippen LogP contribution >= 0.6 is 0 Å². The Morgan fingerprint density at radius 2 is 1.80 bits per heavy atom. The van der Waals surface area contributed by atoms with E-state index in [9.17, 15) is 9.18 Å². The molecular weight excluding hydrogens is 257 g/mol. The molecule has 3 nitrogen and oxygen atoms in total. The highest BCUT2D eigenvalue weighted by Crippen LogP contribution is 2.11. The number of benzene rings is 2. The number of aryl methyl sites for hydroxylation is 1. The van der Waals surface area contributed by atoms with Crippen molar-refractivity contribution in [2.45, 2.75) is 20.1 Å². The van der Waals surface area contributed by atoms with Gasteiger partial charge in [0.25, 0.3) is 5.91 Å². The topological polar surface area (TPSA) is 49.3 Å². The van der Waals surface area contributed by atoms with Gasteiger partial charge in [0, 0.05) is 12.1 Å². The molecule has 0 radical (unpaired) electrons. The zero-order valence-electron chi connectivity index (χ0n) is 11.2. The first-order chi connectivity index (χ1) is 9.60. The summed E-state index contributed by atoms with van der Waals surface area (Å²) >= 11 is 0. The van der Waals surface area contributed by atoms with Crippen molar-refractivity contribution in [2.75, 3.05) is 0 Å². The maximum atomic E-state index is 13.2. The molecule has 0 saturated heterocycles. The molecule has 4 heteroatoms. The van der Waals surface area contributed by atoms with Crippen LogP contribution in [-0.2, 0) is 13.2 Å². The molecule has 2 N–H and O–H groups in total. The Hall–Kier alpha value is -2.20. The summed E-state index contributed by atoms with van der Waals surface area (Å²) in [5.74, 6) is -0.721. The van der Waals surface area contributed by atoms with Crippen molar-refractivity contribution >= 4 is 5.91 Å². The van der Waals surface area contributed by atoms with E-state index in [2.05, 4.69) is 5.32 Å². The van der Waals surface area contributed by atoms with Gasteiger partial charge < -0.3 is 10.4 Å². The molecule has 0 saturated carbocycles. The Bertz CT molecular complexity index is 608. The summed E-state index contributed by atoms with van der Waals surface area (Å²) in [6.07, 6.45) is 0. The Labute approximate surface area is 117 Å². The quantitative estimate of drug-likeness (QED) is 0.899. The number of amides is 1. The Balaban J connectivity index is 2.02. The van der Waals surface area contributed by atoms with Crippen LogP contribution in [0.15, 0.2) is 42.5 Å². The average molecular weight is 273 g/mol. The van der Waals surface area contributed by atoms with Crippen molar-refractivity contribution in [3.05, 3.63) is 70.5 Å². The third-order valence-corrected chi connectivity index (χ3v) is 3.10. The predicted octanol–water partition coefficient (Wildman–Crippen LogP) is 2.56. The van der Waals surface area contributed by atoms with E-state index >= 15 is 0 Å². The van der Waals surface area contributed by atoms with E-state index in [0.29, 0.717) is 12.1 Å². The van der Waals surface area contributed by atoms with Crippen molar-refractivity contribution in [3.8, 4) is 0 Å². The standard InChI is InChI=1S/C16H16FNO2/c1-11-2-7-14(17)8-15(11)16(20)18-9-12-3-5-13(10-19)6-4-12/h2-8,19H,9-10H2,1H3,(H,18,20). The molecule has 0 bridgehead atoms. The second-order valence-corrected chi connectivity index (χ2v) is 4.62. The number of rotatable bonds is 4. The second kappa shape index (κ2) is 6.30. The fraction of sp³-hybridized carbons (Fsp3) is 0.188. The molecule has 0 heterocycles. The van der Waals surface area contributed by atoms with Crippen LogP contribution in [0.4, 0.5) is 4.39 Å². The molecule has 0 aromatic heterocycles. The first-order valence-corrected chi connectivity index (χ1v) is 6.33. The van der Waals surface area contributed by atoms with Gasteiger partial charge in [0.05, 0.1) is 6.61 Å². The summed E-state index contributed by atoms with van der Waals surface area (Å²) in [4.78, 5) is 12.0. The molecule has 2 aromatic rings. The zero-order valence-corrected chi connectivity index (χ0v) is 11.2. The average Bonchev–Trinajstić information content (AvgIpc) is 2.47.